The van der Waals surface area contributed by atoms with Crippen LogP contribution in [0.4, 0.5) is 0 Å². The van der Waals surface area contributed by atoms with Gasteiger partial charge in [0.2, 0.25) is 0 Å². The zero-order valence-electron chi connectivity index (χ0n) is 24.5. The number of para-hydroxylation sites is 1. The van der Waals surface area contributed by atoms with Crippen LogP contribution in [0.1, 0.15) is 18.1 Å². The molecule has 8 aromatic rings. The Morgan fingerprint density at radius 2 is 1.16 bits per heavy atom. The highest BCUT2D eigenvalue weighted by atomic mass is 15.0. The third-order valence-electron chi connectivity index (χ3n) is 8.70. The second kappa shape index (κ2) is 10.5. The maximum absolute atomic E-state index is 4.98. The molecule has 1 heterocycles. The normalized spacial score (nSPS) is 12.0. The lowest BCUT2D eigenvalue weighted by molar-refractivity contribution is 1.19. The molecule has 0 saturated heterocycles. The summed E-state index contributed by atoms with van der Waals surface area (Å²) < 4.78 is 2.41. The molecule has 0 aliphatic carbocycles. The standard InChI is InChI=1S/C42H30N2/c1-28(30-12-4-3-5-13-30)43-29(2)35-26-22-31-14-6-8-16-36(31)41(35)33-20-24-34(25-21-33)44-40-19-11-10-18-38(40)39-27-23-32-15-7-9-17-37(32)42(39)44/h3-27H,1H2,2H3/b43-29+. The summed E-state index contributed by atoms with van der Waals surface area (Å²) in [6.45, 7) is 6.36. The van der Waals surface area contributed by atoms with E-state index < -0.39 is 0 Å². The maximum atomic E-state index is 4.98. The largest absolute Gasteiger partial charge is 0.309 e. The Kier molecular flexibility index (Phi) is 6.20. The fourth-order valence-corrected chi connectivity index (χ4v) is 6.62. The van der Waals surface area contributed by atoms with Crippen molar-refractivity contribution in [3.63, 3.8) is 0 Å². The number of nitrogens with zero attached hydrogens (tertiary/aromatic N) is 2. The van der Waals surface area contributed by atoms with E-state index in [4.69, 9.17) is 4.99 Å². The molecular weight excluding hydrogens is 532 g/mol. The molecule has 8 rings (SSSR count). The van der Waals surface area contributed by atoms with E-state index in [1.807, 2.05) is 18.2 Å². The number of hydrogen-bond acceptors (Lipinski definition) is 1. The molecular formula is C42H30N2. The van der Waals surface area contributed by atoms with E-state index in [0.29, 0.717) is 0 Å². The topological polar surface area (TPSA) is 17.3 Å². The molecule has 208 valence electrons. The van der Waals surface area contributed by atoms with E-state index in [0.717, 1.165) is 33.8 Å². The molecule has 0 fully saturated rings. The second-order valence-corrected chi connectivity index (χ2v) is 11.3. The van der Waals surface area contributed by atoms with Crippen molar-refractivity contribution in [1.82, 2.24) is 4.57 Å². The molecule has 0 aliphatic heterocycles. The first-order chi connectivity index (χ1) is 21.7. The highest BCUT2D eigenvalue weighted by Crippen LogP contribution is 2.38. The lowest BCUT2D eigenvalue weighted by Crippen LogP contribution is -2.00. The fraction of sp³-hybridized carbons (Fsp3) is 0.0238. The number of fused-ring (bicyclic) bond motifs is 6. The summed E-state index contributed by atoms with van der Waals surface area (Å²) in [6, 6.07) is 54.0. The molecule has 2 nitrogen and oxygen atoms in total. The van der Waals surface area contributed by atoms with Crippen molar-refractivity contribution in [3.05, 3.63) is 169 Å². The van der Waals surface area contributed by atoms with Crippen molar-refractivity contribution in [3.8, 4) is 16.8 Å². The molecule has 44 heavy (non-hydrogen) atoms. The van der Waals surface area contributed by atoms with Crippen LogP contribution in [0.5, 0.6) is 0 Å². The predicted octanol–water partition coefficient (Wildman–Crippen LogP) is 11.2. The molecule has 1 aromatic heterocycles. The van der Waals surface area contributed by atoms with Gasteiger partial charge in [0.15, 0.2) is 0 Å². The lowest BCUT2D eigenvalue weighted by atomic mass is 9.91. The van der Waals surface area contributed by atoms with Gasteiger partial charge in [0.05, 0.1) is 16.7 Å². The molecule has 0 N–H and O–H groups in total. The van der Waals surface area contributed by atoms with Crippen molar-refractivity contribution >= 4 is 54.8 Å². The highest BCUT2D eigenvalue weighted by molar-refractivity contribution is 6.18. The predicted molar refractivity (Wildman–Crippen MR) is 189 cm³/mol. The summed E-state index contributed by atoms with van der Waals surface area (Å²) in [5.41, 5.74) is 9.77. The average Bonchev–Trinajstić information content (AvgIpc) is 3.43. The number of aromatic nitrogens is 1. The summed E-state index contributed by atoms with van der Waals surface area (Å²) in [7, 11) is 0. The molecule has 0 spiro atoms. The van der Waals surface area contributed by atoms with Crippen LogP contribution in [0.15, 0.2) is 163 Å². The summed E-state index contributed by atoms with van der Waals surface area (Å²) in [6.07, 6.45) is 0. The zero-order chi connectivity index (χ0) is 29.6. The minimum Gasteiger partial charge on any atom is -0.309 e. The van der Waals surface area contributed by atoms with Crippen LogP contribution in [0.25, 0.3) is 65.9 Å². The molecule has 0 unspecified atom stereocenters. The summed E-state index contributed by atoms with van der Waals surface area (Å²) in [5.74, 6) is 0. The summed E-state index contributed by atoms with van der Waals surface area (Å²) in [4.78, 5) is 4.98. The molecule has 0 amide bonds. The molecule has 2 heteroatoms. The van der Waals surface area contributed by atoms with Gasteiger partial charge in [-0.05, 0) is 58.0 Å². The van der Waals surface area contributed by atoms with Crippen molar-refractivity contribution < 1.29 is 0 Å². The minimum absolute atomic E-state index is 0.760. The minimum atomic E-state index is 0.760. The Balaban J connectivity index is 1.31. The van der Waals surface area contributed by atoms with Crippen LogP contribution in [-0.2, 0) is 0 Å². The molecule has 0 bridgehead atoms. The van der Waals surface area contributed by atoms with E-state index in [1.54, 1.807) is 0 Å². The highest BCUT2D eigenvalue weighted by Gasteiger charge is 2.17. The fourth-order valence-electron chi connectivity index (χ4n) is 6.62. The van der Waals surface area contributed by atoms with Gasteiger partial charge >= 0.3 is 0 Å². The number of hydrogen-bond donors (Lipinski definition) is 0. The monoisotopic (exact) mass is 562 g/mol. The van der Waals surface area contributed by atoms with E-state index in [9.17, 15) is 0 Å². The third-order valence-corrected chi connectivity index (χ3v) is 8.70. The lowest BCUT2D eigenvalue weighted by Gasteiger charge is -2.16. The summed E-state index contributed by atoms with van der Waals surface area (Å²) in [5, 5.41) is 7.45. The van der Waals surface area contributed by atoms with Crippen LogP contribution in [0, 0.1) is 0 Å². The average molecular weight is 563 g/mol. The Hall–Kier alpha value is -5.73. The van der Waals surface area contributed by atoms with Gasteiger partial charge in [-0.15, -0.1) is 0 Å². The Labute approximate surface area is 256 Å². The molecule has 0 radical (unpaired) electrons. The van der Waals surface area contributed by atoms with Gasteiger partial charge < -0.3 is 4.57 Å². The van der Waals surface area contributed by atoms with E-state index in [-0.39, 0.29) is 0 Å². The van der Waals surface area contributed by atoms with Gasteiger partial charge in [-0.25, -0.2) is 0 Å². The first-order valence-electron chi connectivity index (χ1n) is 15.0. The number of rotatable bonds is 5. The van der Waals surface area contributed by atoms with Gasteiger partial charge in [-0.2, -0.15) is 0 Å². The first-order valence-corrected chi connectivity index (χ1v) is 15.0. The first kappa shape index (κ1) is 25.9. The van der Waals surface area contributed by atoms with Gasteiger partial charge in [0, 0.05) is 33.1 Å². The van der Waals surface area contributed by atoms with Gasteiger partial charge in [-0.1, -0.05) is 140 Å². The van der Waals surface area contributed by atoms with Crippen LogP contribution < -0.4 is 0 Å². The summed E-state index contributed by atoms with van der Waals surface area (Å²) >= 11 is 0. The SMILES string of the molecule is C=C(/N=C(\C)c1ccc2ccccc2c1-c1ccc(-n2c3ccccc3c3ccc4ccccc4c32)cc1)c1ccccc1. The maximum Gasteiger partial charge on any atom is 0.0633 e. The third kappa shape index (κ3) is 4.23. The van der Waals surface area contributed by atoms with Crippen LogP contribution in [0.2, 0.25) is 0 Å². The smallest absolute Gasteiger partial charge is 0.0633 e. The van der Waals surface area contributed by atoms with E-state index in [1.165, 1.54) is 48.9 Å². The van der Waals surface area contributed by atoms with Gasteiger partial charge in [0.25, 0.3) is 0 Å². The molecule has 0 atom stereocenters. The number of aliphatic imine (C=N–C) groups is 1. The Morgan fingerprint density at radius 3 is 1.93 bits per heavy atom. The van der Waals surface area contributed by atoms with Crippen molar-refractivity contribution in [2.24, 2.45) is 4.99 Å². The van der Waals surface area contributed by atoms with E-state index >= 15 is 0 Å². The van der Waals surface area contributed by atoms with Crippen molar-refractivity contribution in [2.75, 3.05) is 0 Å². The Bertz CT molecular complexity index is 2390. The van der Waals surface area contributed by atoms with Gasteiger partial charge in [0.1, 0.15) is 0 Å². The van der Waals surface area contributed by atoms with Crippen molar-refractivity contribution in [1.29, 1.82) is 0 Å². The van der Waals surface area contributed by atoms with Crippen molar-refractivity contribution in [2.45, 2.75) is 6.92 Å². The molecule has 0 saturated carbocycles. The second-order valence-electron chi connectivity index (χ2n) is 11.3. The molecule has 7 aromatic carbocycles. The Morgan fingerprint density at radius 1 is 0.545 bits per heavy atom. The van der Waals surface area contributed by atoms with Gasteiger partial charge in [-0.3, -0.25) is 4.99 Å². The number of benzene rings is 7. The van der Waals surface area contributed by atoms with Crippen LogP contribution in [-0.4, -0.2) is 10.3 Å². The van der Waals surface area contributed by atoms with Crippen LogP contribution in [0.3, 0.4) is 0 Å². The quantitative estimate of drug-likeness (QED) is 0.186. The van der Waals surface area contributed by atoms with Crippen LogP contribution >= 0.6 is 0 Å². The zero-order valence-corrected chi connectivity index (χ0v) is 24.5. The molecule has 0 aliphatic rings. The van der Waals surface area contributed by atoms with E-state index in [2.05, 4.69) is 152 Å².